The maximum absolute atomic E-state index is 10.9. The molecule has 0 saturated heterocycles. The zero-order chi connectivity index (χ0) is 19.6. The molecule has 3 rings (SSSR count). The molecule has 0 aliphatic heterocycles. The van der Waals surface area contributed by atoms with Crippen LogP contribution in [0.15, 0.2) is 36.5 Å². The number of pyridine rings is 1. The van der Waals surface area contributed by atoms with Crippen molar-refractivity contribution >= 4 is 22.8 Å². The van der Waals surface area contributed by atoms with E-state index in [1.807, 2.05) is 38.1 Å². The minimum absolute atomic E-state index is 0.0176. The van der Waals surface area contributed by atoms with Crippen LogP contribution in [0.2, 0.25) is 0 Å². The number of methoxy groups -OCH3 is 1. The van der Waals surface area contributed by atoms with Crippen LogP contribution < -0.4 is 10.1 Å². The summed E-state index contributed by atoms with van der Waals surface area (Å²) in [6.45, 7) is 5.71. The topological polar surface area (TPSA) is 90.2 Å². The quantitative estimate of drug-likeness (QED) is 0.479. The van der Waals surface area contributed by atoms with Gasteiger partial charge in [0, 0.05) is 16.0 Å². The maximum Gasteiger partial charge on any atom is 0.290 e. The molecule has 1 atom stereocenters. The van der Waals surface area contributed by atoms with E-state index in [2.05, 4.69) is 15.3 Å². The van der Waals surface area contributed by atoms with Crippen LogP contribution in [0.25, 0.3) is 10.6 Å². The van der Waals surface area contributed by atoms with E-state index in [4.69, 9.17) is 4.74 Å². The lowest BCUT2D eigenvalue weighted by atomic mass is 10.2. The highest BCUT2D eigenvalue weighted by Gasteiger charge is 2.17. The van der Waals surface area contributed by atoms with Gasteiger partial charge in [-0.05, 0) is 51.1 Å². The van der Waals surface area contributed by atoms with E-state index in [9.17, 15) is 10.1 Å². The van der Waals surface area contributed by atoms with E-state index in [-0.39, 0.29) is 11.7 Å². The van der Waals surface area contributed by atoms with Crippen molar-refractivity contribution < 1.29 is 9.66 Å². The van der Waals surface area contributed by atoms with Gasteiger partial charge in [0.05, 0.1) is 23.8 Å². The van der Waals surface area contributed by atoms with Crippen LogP contribution in [-0.4, -0.2) is 22.0 Å². The second-order valence-corrected chi connectivity index (χ2v) is 7.21. The molecular weight excluding hydrogens is 364 g/mol. The number of thiazole rings is 1. The van der Waals surface area contributed by atoms with Gasteiger partial charge in [0.15, 0.2) is 0 Å². The van der Waals surface area contributed by atoms with Crippen LogP contribution in [0.4, 0.5) is 11.5 Å². The van der Waals surface area contributed by atoms with Crippen LogP contribution in [0.3, 0.4) is 0 Å². The molecule has 0 bridgehead atoms. The molecule has 3 aromatic rings. The van der Waals surface area contributed by atoms with Crippen molar-refractivity contribution in [2.75, 3.05) is 12.4 Å². The van der Waals surface area contributed by atoms with Crippen molar-refractivity contribution in [3.63, 3.8) is 0 Å². The van der Waals surface area contributed by atoms with Gasteiger partial charge in [-0.15, -0.1) is 11.3 Å². The predicted molar refractivity (Wildman–Crippen MR) is 107 cm³/mol. The summed E-state index contributed by atoms with van der Waals surface area (Å²) in [7, 11) is 1.64. The number of aromatic nitrogens is 2. The molecule has 8 heteroatoms. The first-order chi connectivity index (χ1) is 12.9. The summed E-state index contributed by atoms with van der Waals surface area (Å²) < 4.78 is 5.20. The van der Waals surface area contributed by atoms with Crippen LogP contribution in [-0.2, 0) is 0 Å². The van der Waals surface area contributed by atoms with E-state index >= 15 is 0 Å². The first-order valence-electron chi connectivity index (χ1n) is 8.38. The van der Waals surface area contributed by atoms with E-state index < -0.39 is 4.92 Å². The van der Waals surface area contributed by atoms with Crippen molar-refractivity contribution in [2.24, 2.45) is 0 Å². The van der Waals surface area contributed by atoms with Gasteiger partial charge in [0.2, 0.25) is 0 Å². The Bertz CT molecular complexity index is 970. The highest BCUT2D eigenvalue weighted by atomic mass is 32.1. The molecule has 0 aliphatic carbocycles. The number of nitrogens with zero attached hydrogens (tertiary/aromatic N) is 3. The Morgan fingerprint density at radius 2 is 1.96 bits per heavy atom. The zero-order valence-corrected chi connectivity index (χ0v) is 16.3. The van der Waals surface area contributed by atoms with Gasteiger partial charge in [-0.1, -0.05) is 0 Å². The van der Waals surface area contributed by atoms with Crippen LogP contribution in [0.5, 0.6) is 5.75 Å². The number of benzene rings is 1. The lowest BCUT2D eigenvalue weighted by Gasteiger charge is -2.13. The summed E-state index contributed by atoms with van der Waals surface area (Å²) in [4.78, 5) is 20.4. The molecular formula is C19H20N4O3S. The lowest BCUT2D eigenvalue weighted by molar-refractivity contribution is -0.385. The van der Waals surface area contributed by atoms with Gasteiger partial charge in [0.1, 0.15) is 22.8 Å². The van der Waals surface area contributed by atoms with E-state index in [0.717, 1.165) is 26.9 Å². The molecule has 2 aromatic heterocycles. The van der Waals surface area contributed by atoms with Crippen molar-refractivity contribution in [1.29, 1.82) is 0 Å². The average Bonchev–Trinajstić information content (AvgIpc) is 3.03. The number of aryl methyl sites for hydroxylation is 2. The summed E-state index contributed by atoms with van der Waals surface area (Å²) in [5, 5.41) is 15.2. The van der Waals surface area contributed by atoms with Crippen molar-refractivity contribution in [1.82, 2.24) is 9.97 Å². The number of nitrogens with one attached hydrogen (secondary N) is 1. The fourth-order valence-electron chi connectivity index (χ4n) is 2.77. The Balaban J connectivity index is 1.81. The Morgan fingerprint density at radius 3 is 2.56 bits per heavy atom. The SMILES string of the molecule is COc1ccc(-c2nc(C)c(C(C)Nc3cc(C)c([N+](=O)[O-])cn3)s2)cc1. The molecule has 0 spiro atoms. The minimum Gasteiger partial charge on any atom is -0.497 e. The highest BCUT2D eigenvalue weighted by Crippen LogP contribution is 2.34. The Kier molecular flexibility index (Phi) is 5.36. The third-order valence-electron chi connectivity index (χ3n) is 4.21. The first kappa shape index (κ1) is 18.8. The zero-order valence-electron chi connectivity index (χ0n) is 15.5. The maximum atomic E-state index is 10.9. The van der Waals surface area contributed by atoms with Crippen LogP contribution in [0, 0.1) is 24.0 Å². The smallest absolute Gasteiger partial charge is 0.290 e. The molecule has 0 radical (unpaired) electrons. The van der Waals surface area contributed by atoms with Gasteiger partial charge in [-0.2, -0.15) is 0 Å². The number of hydrogen-bond acceptors (Lipinski definition) is 7. The van der Waals surface area contributed by atoms with Gasteiger partial charge in [0.25, 0.3) is 5.69 Å². The lowest BCUT2D eigenvalue weighted by Crippen LogP contribution is -2.08. The van der Waals surface area contributed by atoms with Crippen LogP contribution >= 0.6 is 11.3 Å². The van der Waals surface area contributed by atoms with E-state index in [1.165, 1.54) is 6.20 Å². The van der Waals surface area contributed by atoms with Crippen molar-refractivity contribution in [3.05, 3.63) is 62.8 Å². The van der Waals surface area contributed by atoms with Crippen LogP contribution in [0.1, 0.15) is 29.1 Å². The summed E-state index contributed by atoms with van der Waals surface area (Å²) in [6.07, 6.45) is 1.28. The molecule has 7 nitrogen and oxygen atoms in total. The third-order valence-corrected chi connectivity index (χ3v) is 5.60. The standard InChI is InChI=1S/C19H20N4O3S/c1-11-9-17(20-10-16(11)23(24)25)21-12(2)18-13(3)22-19(27-18)14-5-7-15(26-4)8-6-14/h5-10,12H,1-4H3,(H,20,21). The number of hydrogen-bond donors (Lipinski definition) is 1. The summed E-state index contributed by atoms with van der Waals surface area (Å²) in [5.74, 6) is 1.41. The fourth-order valence-corrected chi connectivity index (χ4v) is 3.85. The van der Waals surface area contributed by atoms with E-state index in [1.54, 1.807) is 31.4 Å². The van der Waals surface area contributed by atoms with Gasteiger partial charge in [-0.3, -0.25) is 10.1 Å². The average molecular weight is 384 g/mol. The first-order valence-corrected chi connectivity index (χ1v) is 9.20. The Hall–Kier alpha value is -3.00. The van der Waals surface area contributed by atoms with Crippen molar-refractivity contribution in [2.45, 2.75) is 26.8 Å². The summed E-state index contributed by atoms with van der Waals surface area (Å²) >= 11 is 1.62. The minimum atomic E-state index is -0.427. The molecule has 0 fully saturated rings. The van der Waals surface area contributed by atoms with Gasteiger partial charge in [-0.25, -0.2) is 9.97 Å². The molecule has 2 heterocycles. The molecule has 0 saturated carbocycles. The molecule has 1 aromatic carbocycles. The van der Waals surface area contributed by atoms with Gasteiger partial charge < -0.3 is 10.1 Å². The normalized spacial score (nSPS) is 11.9. The van der Waals surface area contributed by atoms with Crippen molar-refractivity contribution in [3.8, 4) is 16.3 Å². The fraction of sp³-hybridized carbons (Fsp3) is 0.263. The number of ether oxygens (including phenoxy) is 1. The summed E-state index contributed by atoms with van der Waals surface area (Å²) in [6, 6.07) is 9.46. The largest absolute Gasteiger partial charge is 0.497 e. The number of rotatable bonds is 6. The Labute approximate surface area is 161 Å². The second kappa shape index (κ2) is 7.71. The van der Waals surface area contributed by atoms with Gasteiger partial charge >= 0.3 is 0 Å². The molecule has 1 N–H and O–H groups in total. The highest BCUT2D eigenvalue weighted by molar-refractivity contribution is 7.15. The second-order valence-electron chi connectivity index (χ2n) is 6.18. The molecule has 27 heavy (non-hydrogen) atoms. The number of anilines is 1. The monoisotopic (exact) mass is 384 g/mol. The Morgan fingerprint density at radius 1 is 1.26 bits per heavy atom. The third kappa shape index (κ3) is 4.06. The number of nitro groups is 1. The molecule has 1 unspecified atom stereocenters. The summed E-state index contributed by atoms with van der Waals surface area (Å²) in [5.41, 5.74) is 2.57. The molecule has 140 valence electrons. The predicted octanol–water partition coefficient (Wildman–Crippen LogP) is 4.91. The van der Waals surface area contributed by atoms with E-state index in [0.29, 0.717) is 11.4 Å². The molecule has 0 amide bonds. The molecule has 0 aliphatic rings.